The number of benzene rings is 1. The maximum atomic E-state index is 15.3. The van der Waals surface area contributed by atoms with Crippen molar-refractivity contribution >= 4 is 0 Å². The van der Waals surface area contributed by atoms with E-state index in [0.717, 1.165) is 49.3 Å². The molecule has 0 aliphatic heterocycles. The van der Waals surface area contributed by atoms with E-state index < -0.39 is 17.6 Å². The van der Waals surface area contributed by atoms with Crippen LogP contribution in [0.4, 0.5) is 8.78 Å². The van der Waals surface area contributed by atoms with E-state index in [2.05, 4.69) is 6.92 Å². The summed E-state index contributed by atoms with van der Waals surface area (Å²) in [4.78, 5) is 0. The zero-order chi connectivity index (χ0) is 18.0. The first-order valence-corrected chi connectivity index (χ1v) is 9.21. The van der Waals surface area contributed by atoms with Gasteiger partial charge in [-0.05, 0) is 67.4 Å². The first-order valence-electron chi connectivity index (χ1n) is 9.21. The van der Waals surface area contributed by atoms with Gasteiger partial charge in [-0.15, -0.1) is 0 Å². The van der Waals surface area contributed by atoms with Crippen molar-refractivity contribution in [3.8, 4) is 5.75 Å². The molecule has 2 unspecified atom stereocenters. The van der Waals surface area contributed by atoms with E-state index in [1.54, 1.807) is 6.07 Å². The van der Waals surface area contributed by atoms with Gasteiger partial charge >= 0.3 is 0 Å². The van der Waals surface area contributed by atoms with Gasteiger partial charge in [0.1, 0.15) is 17.7 Å². The molecule has 136 valence electrons. The molecule has 1 aromatic carbocycles. The Bertz CT molecular complexity index is 674. The van der Waals surface area contributed by atoms with Gasteiger partial charge < -0.3 is 10.2 Å². The quantitative estimate of drug-likeness (QED) is 0.763. The Labute approximate surface area is 147 Å². The highest BCUT2D eigenvalue weighted by molar-refractivity contribution is 5.47. The summed E-state index contributed by atoms with van der Waals surface area (Å²) in [5.41, 5.74) is -1.55. The second-order valence-electron chi connectivity index (χ2n) is 7.36. The molecule has 2 aliphatic rings. The van der Waals surface area contributed by atoms with Crippen LogP contribution in [0.25, 0.3) is 0 Å². The van der Waals surface area contributed by atoms with E-state index in [9.17, 15) is 14.6 Å². The molecule has 0 amide bonds. The van der Waals surface area contributed by atoms with Crippen LogP contribution in [0.5, 0.6) is 5.75 Å². The van der Waals surface area contributed by atoms with Crippen molar-refractivity contribution in [1.82, 2.24) is 0 Å². The summed E-state index contributed by atoms with van der Waals surface area (Å²) in [6.45, 7) is 2.20. The number of halogens is 2. The van der Waals surface area contributed by atoms with E-state index in [0.29, 0.717) is 5.92 Å². The fourth-order valence-electron chi connectivity index (χ4n) is 4.21. The summed E-state index contributed by atoms with van der Waals surface area (Å²) >= 11 is 0. The van der Waals surface area contributed by atoms with Crippen LogP contribution < -0.4 is 0 Å². The van der Waals surface area contributed by atoms with Gasteiger partial charge in [0, 0.05) is 5.56 Å². The minimum absolute atomic E-state index is 0.0623. The molecular formula is C21H26F2O2. The Morgan fingerprint density at radius 1 is 1.20 bits per heavy atom. The lowest BCUT2D eigenvalue weighted by Gasteiger charge is -2.32. The molecule has 0 bridgehead atoms. The standard InChI is InChI=1S/C21H26F2O2/c1-2-4-14-6-8-15(9-7-14)16-10-11-19(24)17(13-16)21(23)12-3-5-18(22)20(21)25/h3,5,10-15,20,24-25H,2,4,6-9H2,1H3. The highest BCUT2D eigenvalue weighted by Gasteiger charge is 2.44. The second kappa shape index (κ2) is 7.28. The van der Waals surface area contributed by atoms with Crippen molar-refractivity contribution in [2.45, 2.75) is 63.1 Å². The van der Waals surface area contributed by atoms with Gasteiger partial charge in [-0.1, -0.05) is 31.9 Å². The molecule has 2 aliphatic carbocycles. The van der Waals surface area contributed by atoms with Crippen LogP contribution in [0, 0.1) is 5.92 Å². The summed E-state index contributed by atoms with van der Waals surface area (Å²) in [6.07, 6.45) is 8.32. The highest BCUT2D eigenvalue weighted by Crippen LogP contribution is 2.44. The molecule has 2 N–H and O–H groups in total. The number of hydrogen-bond donors (Lipinski definition) is 2. The van der Waals surface area contributed by atoms with Gasteiger partial charge in [0.05, 0.1) is 0 Å². The Balaban J connectivity index is 1.85. The third kappa shape index (κ3) is 3.50. The fraction of sp³-hybridized carbons (Fsp3) is 0.524. The molecular weight excluding hydrogens is 322 g/mol. The molecule has 3 rings (SSSR count). The molecule has 4 heteroatoms. The first-order chi connectivity index (χ1) is 12.0. The molecule has 0 saturated heterocycles. The lowest BCUT2D eigenvalue weighted by molar-refractivity contribution is 0.0296. The van der Waals surface area contributed by atoms with E-state index >= 15 is 4.39 Å². The number of hydrogen-bond acceptors (Lipinski definition) is 2. The number of aliphatic hydroxyl groups is 1. The summed E-state index contributed by atoms with van der Waals surface area (Å²) in [6, 6.07) is 4.88. The van der Waals surface area contributed by atoms with Crippen molar-refractivity contribution < 1.29 is 19.0 Å². The molecule has 1 fully saturated rings. The number of aliphatic hydroxyl groups excluding tert-OH is 1. The van der Waals surface area contributed by atoms with Crippen LogP contribution in [-0.2, 0) is 5.67 Å². The fourth-order valence-corrected chi connectivity index (χ4v) is 4.21. The van der Waals surface area contributed by atoms with Crippen molar-refractivity contribution in [2.75, 3.05) is 0 Å². The first kappa shape index (κ1) is 18.1. The van der Waals surface area contributed by atoms with E-state index in [1.165, 1.54) is 25.0 Å². The second-order valence-corrected chi connectivity index (χ2v) is 7.36. The zero-order valence-corrected chi connectivity index (χ0v) is 14.6. The maximum absolute atomic E-state index is 15.3. The average Bonchev–Trinajstić information content (AvgIpc) is 2.61. The lowest BCUT2D eigenvalue weighted by Crippen LogP contribution is -2.35. The van der Waals surface area contributed by atoms with Crippen LogP contribution >= 0.6 is 0 Å². The van der Waals surface area contributed by atoms with Gasteiger partial charge in [0.2, 0.25) is 0 Å². The van der Waals surface area contributed by atoms with Gasteiger partial charge in [-0.25, -0.2) is 8.78 Å². The molecule has 0 spiro atoms. The summed E-state index contributed by atoms with van der Waals surface area (Å²) in [5, 5.41) is 20.1. The monoisotopic (exact) mass is 348 g/mol. The molecule has 1 saturated carbocycles. The van der Waals surface area contributed by atoms with Gasteiger partial charge in [-0.3, -0.25) is 0 Å². The van der Waals surface area contributed by atoms with Gasteiger partial charge in [0.15, 0.2) is 5.67 Å². The molecule has 1 aromatic rings. The Morgan fingerprint density at radius 2 is 1.92 bits per heavy atom. The number of phenols is 1. The van der Waals surface area contributed by atoms with E-state index in [1.807, 2.05) is 6.07 Å². The predicted octanol–water partition coefficient (Wildman–Crippen LogP) is 5.42. The van der Waals surface area contributed by atoms with Crippen molar-refractivity contribution in [1.29, 1.82) is 0 Å². The highest BCUT2D eigenvalue weighted by atomic mass is 19.2. The van der Waals surface area contributed by atoms with E-state index in [-0.39, 0.29) is 11.3 Å². The third-order valence-corrected chi connectivity index (χ3v) is 5.70. The maximum Gasteiger partial charge on any atom is 0.190 e. The van der Waals surface area contributed by atoms with Crippen molar-refractivity contribution in [2.24, 2.45) is 5.92 Å². The van der Waals surface area contributed by atoms with Crippen LogP contribution in [-0.4, -0.2) is 16.3 Å². The largest absolute Gasteiger partial charge is 0.508 e. The SMILES string of the molecule is CCCC1CCC(c2ccc(O)c(C3(F)C=CC=C(F)C3O)c2)CC1. The molecule has 0 heterocycles. The van der Waals surface area contributed by atoms with Crippen LogP contribution in [0.3, 0.4) is 0 Å². The minimum atomic E-state index is -2.45. The Kier molecular flexibility index (Phi) is 5.28. The number of aromatic hydroxyl groups is 1. The average molecular weight is 348 g/mol. The van der Waals surface area contributed by atoms with Crippen LogP contribution in [0.1, 0.15) is 62.5 Å². The molecule has 2 atom stereocenters. The molecule has 25 heavy (non-hydrogen) atoms. The number of allylic oxidation sites excluding steroid dienone is 2. The summed E-state index contributed by atoms with van der Waals surface area (Å²) < 4.78 is 29.0. The lowest BCUT2D eigenvalue weighted by atomic mass is 9.76. The summed E-state index contributed by atoms with van der Waals surface area (Å²) in [7, 11) is 0. The van der Waals surface area contributed by atoms with Crippen molar-refractivity contribution in [3.05, 3.63) is 53.4 Å². The smallest absolute Gasteiger partial charge is 0.190 e. The number of rotatable bonds is 4. The summed E-state index contributed by atoms with van der Waals surface area (Å²) in [5.74, 6) is -0.104. The van der Waals surface area contributed by atoms with Gasteiger partial charge in [0.25, 0.3) is 0 Å². The third-order valence-electron chi connectivity index (χ3n) is 5.70. The number of phenolic OH excluding ortho intramolecular Hbond substituents is 1. The predicted molar refractivity (Wildman–Crippen MR) is 94.8 cm³/mol. The Morgan fingerprint density at radius 3 is 2.60 bits per heavy atom. The topological polar surface area (TPSA) is 40.5 Å². The van der Waals surface area contributed by atoms with Crippen LogP contribution in [0.2, 0.25) is 0 Å². The molecule has 2 nitrogen and oxygen atoms in total. The van der Waals surface area contributed by atoms with E-state index in [4.69, 9.17) is 0 Å². The molecule has 0 radical (unpaired) electrons. The zero-order valence-electron chi connectivity index (χ0n) is 14.6. The normalized spacial score (nSPS) is 32.5. The Hall–Kier alpha value is -1.68. The minimum Gasteiger partial charge on any atom is -0.508 e. The number of alkyl halides is 1. The van der Waals surface area contributed by atoms with Gasteiger partial charge in [-0.2, -0.15) is 0 Å². The van der Waals surface area contributed by atoms with Crippen LogP contribution in [0.15, 0.2) is 42.3 Å². The molecule has 0 aromatic heterocycles. The van der Waals surface area contributed by atoms with Crippen molar-refractivity contribution in [3.63, 3.8) is 0 Å².